The third kappa shape index (κ3) is 3.59. The molecule has 36 heavy (non-hydrogen) atoms. The van der Waals surface area contributed by atoms with Crippen LogP contribution in [-0.4, -0.2) is 31.8 Å². The van der Waals surface area contributed by atoms with Gasteiger partial charge in [0.1, 0.15) is 17.3 Å². The fourth-order valence-electron chi connectivity index (χ4n) is 7.77. The molecule has 0 aliphatic heterocycles. The summed E-state index contributed by atoms with van der Waals surface area (Å²) in [6, 6.07) is 8.51. The minimum absolute atomic E-state index is 0.144. The predicted molar refractivity (Wildman–Crippen MR) is 140 cm³/mol. The van der Waals surface area contributed by atoms with Crippen molar-refractivity contribution in [2.45, 2.75) is 87.9 Å². The summed E-state index contributed by atoms with van der Waals surface area (Å²) in [6.45, 7) is 0. The Bertz CT molecular complexity index is 1200. The summed E-state index contributed by atoms with van der Waals surface area (Å²) in [5, 5.41) is 4.67. The highest BCUT2D eigenvalue weighted by molar-refractivity contribution is 5.71. The first-order valence-electron chi connectivity index (χ1n) is 14.0. The van der Waals surface area contributed by atoms with E-state index in [1.54, 1.807) is 11.8 Å². The van der Waals surface area contributed by atoms with Crippen LogP contribution in [0.2, 0.25) is 0 Å². The predicted octanol–water partition coefficient (Wildman–Crippen LogP) is 6.39. The molecule has 6 nitrogen and oxygen atoms in total. The van der Waals surface area contributed by atoms with E-state index in [0.717, 1.165) is 51.9 Å². The van der Waals surface area contributed by atoms with Gasteiger partial charge in [-0.2, -0.15) is 5.10 Å². The summed E-state index contributed by atoms with van der Waals surface area (Å²) in [5.74, 6) is 5.64. The highest BCUT2D eigenvalue weighted by Gasteiger charge is 2.47. The molecule has 6 fully saturated rings. The molecule has 188 valence electrons. The summed E-state index contributed by atoms with van der Waals surface area (Å²) in [6.07, 6.45) is 17.3. The third-order valence-electron chi connectivity index (χ3n) is 10.2. The van der Waals surface area contributed by atoms with Crippen LogP contribution in [0.15, 0.2) is 30.5 Å². The molecule has 0 atom stereocenters. The molecule has 0 spiro atoms. The van der Waals surface area contributed by atoms with Crippen LogP contribution < -0.4 is 4.74 Å². The molecule has 6 saturated carbocycles. The van der Waals surface area contributed by atoms with Crippen molar-refractivity contribution < 1.29 is 4.74 Å². The normalized spacial score (nSPS) is 31.1. The number of aromatic nitrogens is 5. The van der Waals surface area contributed by atoms with E-state index in [0.29, 0.717) is 0 Å². The highest BCUT2D eigenvalue weighted by atomic mass is 16.5. The number of hydrogen-bond acceptors (Lipinski definition) is 5. The van der Waals surface area contributed by atoms with Crippen LogP contribution in [0.4, 0.5) is 0 Å². The molecule has 0 radical (unpaired) electrons. The lowest BCUT2D eigenvalue weighted by Crippen LogP contribution is -2.42. The Labute approximate surface area is 213 Å². The molecule has 0 N–H and O–H groups in total. The van der Waals surface area contributed by atoms with E-state index in [4.69, 9.17) is 19.7 Å². The molecular formula is C30H37N5O. The van der Waals surface area contributed by atoms with Crippen molar-refractivity contribution in [1.29, 1.82) is 0 Å². The van der Waals surface area contributed by atoms with Gasteiger partial charge >= 0.3 is 0 Å². The summed E-state index contributed by atoms with van der Waals surface area (Å²) in [7, 11) is 3.63. The van der Waals surface area contributed by atoms with Crippen LogP contribution in [-0.2, 0) is 17.9 Å². The number of ether oxygens (including phenoxy) is 1. The third-order valence-corrected chi connectivity index (χ3v) is 10.2. The second kappa shape index (κ2) is 8.39. The van der Waals surface area contributed by atoms with Crippen molar-refractivity contribution >= 4 is 0 Å². The van der Waals surface area contributed by atoms with Gasteiger partial charge in [-0.25, -0.2) is 15.0 Å². The minimum Gasteiger partial charge on any atom is -0.493 e. The summed E-state index contributed by atoms with van der Waals surface area (Å²) in [4.78, 5) is 15.9. The maximum Gasteiger partial charge on any atom is 0.164 e. The van der Waals surface area contributed by atoms with Crippen molar-refractivity contribution in [1.82, 2.24) is 24.7 Å². The van der Waals surface area contributed by atoms with E-state index < -0.39 is 0 Å². The van der Waals surface area contributed by atoms with Crippen molar-refractivity contribution in [2.24, 2.45) is 18.9 Å². The molecule has 6 aliphatic carbocycles. The Kier molecular flexibility index (Phi) is 5.23. The van der Waals surface area contributed by atoms with Crippen molar-refractivity contribution in [2.75, 3.05) is 7.11 Å². The second-order valence-electron chi connectivity index (χ2n) is 12.1. The van der Waals surface area contributed by atoms with Crippen molar-refractivity contribution in [3.8, 4) is 28.4 Å². The first kappa shape index (κ1) is 22.4. The van der Waals surface area contributed by atoms with Crippen LogP contribution in [0.3, 0.4) is 0 Å². The monoisotopic (exact) mass is 483 g/mol. The standard InChI is InChI=1S/C30H37N5O/c1-35-19-24(36-2)25(34-35)22-4-3-5-23(18-22)26-31-27(29-12-6-20(7-13-29)8-14-29)33-28(32-26)30-15-9-21(10-16-30)11-17-30/h3-5,18-21H,6-17H2,1-2H3. The Balaban J connectivity index is 1.36. The van der Waals surface area contributed by atoms with Crippen molar-refractivity contribution in [3.63, 3.8) is 0 Å². The second-order valence-corrected chi connectivity index (χ2v) is 12.1. The Hall–Kier alpha value is -2.76. The number of rotatable bonds is 5. The van der Waals surface area contributed by atoms with Gasteiger partial charge in [-0.3, -0.25) is 4.68 Å². The lowest BCUT2D eigenvalue weighted by Gasteiger charge is -2.47. The summed E-state index contributed by atoms with van der Waals surface area (Å²) < 4.78 is 7.41. The number of benzene rings is 1. The quantitative estimate of drug-likeness (QED) is 0.421. The van der Waals surface area contributed by atoms with Crippen LogP contribution in [0.25, 0.3) is 22.6 Å². The largest absolute Gasteiger partial charge is 0.493 e. The van der Waals surface area contributed by atoms with Gasteiger partial charge in [0, 0.05) is 29.0 Å². The van der Waals surface area contributed by atoms with Gasteiger partial charge in [-0.15, -0.1) is 0 Å². The molecule has 0 saturated heterocycles. The Morgan fingerprint density at radius 2 is 1.31 bits per heavy atom. The molecule has 9 rings (SSSR count). The van der Waals surface area contributed by atoms with E-state index >= 15 is 0 Å². The lowest BCUT2D eigenvalue weighted by atomic mass is 9.59. The Morgan fingerprint density at radius 3 is 1.83 bits per heavy atom. The molecular weight excluding hydrogens is 446 g/mol. The average Bonchev–Trinajstić information content (AvgIpc) is 3.35. The van der Waals surface area contributed by atoms with E-state index in [-0.39, 0.29) is 10.8 Å². The zero-order valence-electron chi connectivity index (χ0n) is 21.7. The summed E-state index contributed by atoms with van der Waals surface area (Å²) >= 11 is 0. The fourth-order valence-corrected chi connectivity index (χ4v) is 7.77. The lowest BCUT2D eigenvalue weighted by molar-refractivity contribution is 0.117. The van der Waals surface area contributed by atoms with Gasteiger partial charge in [0.25, 0.3) is 0 Å². The maximum atomic E-state index is 5.60. The molecule has 6 heteroatoms. The molecule has 4 bridgehead atoms. The number of aryl methyl sites for hydroxylation is 1. The number of nitrogens with zero attached hydrogens (tertiary/aromatic N) is 5. The smallest absolute Gasteiger partial charge is 0.164 e. The zero-order valence-corrected chi connectivity index (χ0v) is 21.7. The fraction of sp³-hybridized carbons (Fsp3) is 0.600. The first-order valence-corrected chi connectivity index (χ1v) is 14.0. The topological polar surface area (TPSA) is 65.7 Å². The molecule has 1 aromatic carbocycles. The first-order chi connectivity index (χ1) is 17.6. The van der Waals surface area contributed by atoms with Gasteiger partial charge in [-0.05, 0) is 95.0 Å². The van der Waals surface area contributed by atoms with Gasteiger partial charge in [0.15, 0.2) is 11.6 Å². The van der Waals surface area contributed by atoms with Gasteiger partial charge in [0.2, 0.25) is 0 Å². The molecule has 2 heterocycles. The highest BCUT2D eigenvalue weighted by Crippen LogP contribution is 2.53. The van der Waals surface area contributed by atoms with Crippen LogP contribution in [0.5, 0.6) is 5.75 Å². The number of fused-ring (bicyclic) bond motifs is 6. The van der Waals surface area contributed by atoms with E-state index in [2.05, 4.69) is 29.4 Å². The zero-order chi connectivity index (χ0) is 24.3. The average molecular weight is 484 g/mol. The SMILES string of the molecule is COc1cn(C)nc1-c1cccc(-c2nc(C34CCC(CC3)CC4)nc(C34CCC(CC3)CC4)n2)c1. The molecule has 3 aromatic rings. The number of methoxy groups -OCH3 is 1. The van der Waals surface area contributed by atoms with Gasteiger partial charge in [-0.1, -0.05) is 18.2 Å². The molecule has 2 aromatic heterocycles. The van der Waals surface area contributed by atoms with E-state index in [9.17, 15) is 0 Å². The van der Waals surface area contributed by atoms with Gasteiger partial charge in [0.05, 0.1) is 13.3 Å². The van der Waals surface area contributed by atoms with Crippen LogP contribution >= 0.6 is 0 Å². The van der Waals surface area contributed by atoms with E-state index in [1.807, 2.05) is 13.2 Å². The summed E-state index contributed by atoms with van der Waals surface area (Å²) in [5.41, 5.74) is 3.22. The maximum absolute atomic E-state index is 5.60. The van der Waals surface area contributed by atoms with E-state index in [1.165, 1.54) is 77.0 Å². The molecule has 6 aliphatic rings. The molecule has 0 amide bonds. The van der Waals surface area contributed by atoms with Crippen molar-refractivity contribution in [3.05, 3.63) is 42.1 Å². The minimum atomic E-state index is 0.144. The van der Waals surface area contributed by atoms with Gasteiger partial charge < -0.3 is 4.74 Å². The Morgan fingerprint density at radius 1 is 0.778 bits per heavy atom. The van der Waals surface area contributed by atoms with Crippen LogP contribution in [0.1, 0.15) is 88.7 Å². The number of hydrogen-bond donors (Lipinski definition) is 0. The molecule has 0 unspecified atom stereocenters. The van der Waals surface area contributed by atoms with Crippen LogP contribution in [0, 0.1) is 11.8 Å².